The summed E-state index contributed by atoms with van der Waals surface area (Å²) in [5, 5.41) is 2.08. The van der Waals surface area contributed by atoms with Crippen molar-refractivity contribution in [2.45, 2.75) is 58.1 Å². The van der Waals surface area contributed by atoms with Crippen LogP contribution in [0.5, 0.6) is 0 Å². The summed E-state index contributed by atoms with van der Waals surface area (Å²) in [6.07, 6.45) is 1.92. The van der Waals surface area contributed by atoms with E-state index >= 15 is 0 Å². The minimum Gasteiger partial charge on any atom is -0.446 e. The van der Waals surface area contributed by atoms with Crippen LogP contribution in [0.25, 0.3) is 0 Å². The topological polar surface area (TPSA) is 102 Å². The SMILES string of the molecule is CC(C)OC(=O)N1C[C@H](C)N(C(=O)C2CC2)c2ccc(C3CNN(CCN4CCCS4(=O)=O)C3)cc21. The van der Waals surface area contributed by atoms with Crippen LogP contribution in [-0.4, -0.2) is 86.9 Å². The Morgan fingerprint density at radius 1 is 1.14 bits per heavy atom. The van der Waals surface area contributed by atoms with E-state index in [1.54, 1.807) is 9.21 Å². The van der Waals surface area contributed by atoms with Gasteiger partial charge in [0.2, 0.25) is 15.9 Å². The minimum absolute atomic E-state index is 0.0844. The minimum atomic E-state index is -3.10. The molecule has 2 amide bonds. The molecule has 0 aromatic heterocycles. The lowest BCUT2D eigenvalue weighted by Crippen LogP contribution is -2.52. The Hall–Kier alpha value is -2.21. The fourth-order valence-electron chi connectivity index (χ4n) is 5.40. The number of anilines is 2. The molecule has 1 aromatic rings. The molecule has 4 aliphatic rings. The number of benzene rings is 1. The zero-order chi connectivity index (χ0) is 25.6. The van der Waals surface area contributed by atoms with E-state index < -0.39 is 16.1 Å². The summed E-state index contributed by atoms with van der Waals surface area (Å²) in [5.74, 6) is 0.646. The Bertz CT molecular complexity index is 1120. The number of carbonyl (C=O) groups excluding carboxylic acids is 2. The van der Waals surface area contributed by atoms with Crippen LogP contribution in [0, 0.1) is 5.92 Å². The van der Waals surface area contributed by atoms with Gasteiger partial charge in [0.25, 0.3) is 0 Å². The zero-order valence-electron chi connectivity index (χ0n) is 21.4. The van der Waals surface area contributed by atoms with Gasteiger partial charge >= 0.3 is 6.09 Å². The van der Waals surface area contributed by atoms with Gasteiger partial charge in [-0.1, -0.05) is 6.07 Å². The highest BCUT2D eigenvalue weighted by Crippen LogP contribution is 2.42. The summed E-state index contributed by atoms with van der Waals surface area (Å²) in [7, 11) is -3.10. The predicted molar refractivity (Wildman–Crippen MR) is 137 cm³/mol. The van der Waals surface area contributed by atoms with E-state index in [4.69, 9.17) is 4.74 Å². The van der Waals surface area contributed by atoms with Gasteiger partial charge in [0.05, 0.1) is 29.3 Å². The number of hydrogen-bond donors (Lipinski definition) is 1. The summed E-state index contributed by atoms with van der Waals surface area (Å²) in [6, 6.07) is 5.91. The normalized spacial score (nSPS) is 26.4. The molecule has 1 N–H and O–H groups in total. The zero-order valence-corrected chi connectivity index (χ0v) is 22.2. The molecule has 1 unspecified atom stereocenters. The summed E-state index contributed by atoms with van der Waals surface area (Å²) in [4.78, 5) is 29.7. The second kappa shape index (κ2) is 9.92. The number of rotatable bonds is 6. The van der Waals surface area contributed by atoms with Crippen LogP contribution in [0.2, 0.25) is 0 Å². The lowest BCUT2D eigenvalue weighted by molar-refractivity contribution is -0.120. The number of fused-ring (bicyclic) bond motifs is 1. The molecule has 198 valence electrons. The van der Waals surface area contributed by atoms with Crippen LogP contribution in [0.1, 0.15) is 51.5 Å². The molecule has 0 spiro atoms. The van der Waals surface area contributed by atoms with Gasteiger partial charge in [-0.3, -0.25) is 15.1 Å². The molecule has 1 aromatic carbocycles. The van der Waals surface area contributed by atoms with Gasteiger partial charge in [-0.2, -0.15) is 0 Å². The number of carbonyl (C=O) groups is 2. The highest BCUT2D eigenvalue weighted by molar-refractivity contribution is 7.89. The van der Waals surface area contributed by atoms with Gasteiger partial charge in [-0.05, 0) is 57.7 Å². The average molecular weight is 520 g/mol. The van der Waals surface area contributed by atoms with E-state index in [9.17, 15) is 18.0 Å². The first kappa shape index (κ1) is 25.4. The second-order valence-electron chi connectivity index (χ2n) is 10.7. The van der Waals surface area contributed by atoms with E-state index in [-0.39, 0.29) is 35.6 Å². The van der Waals surface area contributed by atoms with Gasteiger partial charge in [-0.15, -0.1) is 0 Å². The smallest absolute Gasteiger partial charge is 0.414 e. The molecule has 2 saturated heterocycles. The van der Waals surface area contributed by atoms with Crippen molar-refractivity contribution in [3.8, 4) is 0 Å². The summed E-state index contributed by atoms with van der Waals surface area (Å²) in [5.41, 5.74) is 5.95. The van der Waals surface area contributed by atoms with E-state index in [2.05, 4.69) is 16.5 Å². The largest absolute Gasteiger partial charge is 0.446 e. The van der Waals surface area contributed by atoms with Gasteiger partial charge < -0.3 is 9.64 Å². The van der Waals surface area contributed by atoms with E-state index in [1.807, 2.05) is 37.8 Å². The Kier molecular flexibility index (Phi) is 7.01. The first-order valence-corrected chi connectivity index (χ1v) is 14.7. The first-order chi connectivity index (χ1) is 17.1. The van der Waals surface area contributed by atoms with Crippen molar-refractivity contribution in [1.82, 2.24) is 14.7 Å². The average Bonchev–Trinajstić information content (AvgIpc) is 3.47. The number of hydrogen-bond acceptors (Lipinski definition) is 7. The monoisotopic (exact) mass is 519 g/mol. The second-order valence-corrected chi connectivity index (χ2v) is 12.8. The number of nitrogens with zero attached hydrogens (tertiary/aromatic N) is 4. The molecule has 0 bridgehead atoms. The Morgan fingerprint density at radius 2 is 1.92 bits per heavy atom. The van der Waals surface area contributed by atoms with Crippen LogP contribution in [-0.2, 0) is 19.6 Å². The summed E-state index contributed by atoms with van der Waals surface area (Å²) in [6.45, 7) is 9.20. The lowest BCUT2D eigenvalue weighted by Gasteiger charge is -2.41. The number of nitrogens with one attached hydrogen (secondary N) is 1. The third-order valence-electron chi connectivity index (χ3n) is 7.45. The standard InChI is InChI=1S/C25H37N5O5S/c1-17(2)35-25(32)29-15-18(3)30(24(31)19-5-6-19)22-8-7-20(13-23(22)29)21-14-26-27(16-21)10-11-28-9-4-12-36(28,33)34/h7-8,13,17-19,21,26H,4-6,9-12,14-16H2,1-3H3/t18-,21?/m0/s1. The molecule has 5 rings (SSSR count). The number of ether oxygens (including phenoxy) is 1. The van der Waals surface area contributed by atoms with Crippen molar-refractivity contribution in [1.29, 1.82) is 0 Å². The van der Waals surface area contributed by atoms with Crippen LogP contribution in [0.15, 0.2) is 18.2 Å². The van der Waals surface area contributed by atoms with Crippen molar-refractivity contribution in [3.63, 3.8) is 0 Å². The van der Waals surface area contributed by atoms with Crippen molar-refractivity contribution in [3.05, 3.63) is 23.8 Å². The molecule has 1 saturated carbocycles. The van der Waals surface area contributed by atoms with Crippen molar-refractivity contribution >= 4 is 33.4 Å². The van der Waals surface area contributed by atoms with E-state index in [0.29, 0.717) is 38.3 Å². The quantitative estimate of drug-likeness (QED) is 0.614. The molecule has 1 aliphatic carbocycles. The van der Waals surface area contributed by atoms with Crippen molar-refractivity contribution in [2.24, 2.45) is 5.92 Å². The Morgan fingerprint density at radius 3 is 2.58 bits per heavy atom. The lowest BCUT2D eigenvalue weighted by atomic mass is 9.96. The predicted octanol–water partition coefficient (Wildman–Crippen LogP) is 2.12. The van der Waals surface area contributed by atoms with Gasteiger partial charge in [-0.25, -0.2) is 22.5 Å². The Labute approximate surface area is 213 Å². The van der Waals surface area contributed by atoms with Gasteiger partial charge in [0.1, 0.15) is 0 Å². The summed E-state index contributed by atoms with van der Waals surface area (Å²) >= 11 is 0. The maximum Gasteiger partial charge on any atom is 0.414 e. The fraction of sp³-hybridized carbons (Fsp3) is 0.680. The van der Waals surface area contributed by atoms with Crippen LogP contribution < -0.4 is 15.2 Å². The molecule has 10 nitrogen and oxygen atoms in total. The molecule has 0 radical (unpaired) electrons. The van der Waals surface area contributed by atoms with Crippen molar-refractivity contribution < 1.29 is 22.7 Å². The highest BCUT2D eigenvalue weighted by Gasteiger charge is 2.42. The summed E-state index contributed by atoms with van der Waals surface area (Å²) < 4.78 is 31.3. The molecule has 36 heavy (non-hydrogen) atoms. The highest BCUT2D eigenvalue weighted by atomic mass is 32.2. The van der Waals surface area contributed by atoms with Gasteiger partial charge in [0, 0.05) is 51.1 Å². The fourth-order valence-corrected chi connectivity index (χ4v) is 6.92. The maximum absolute atomic E-state index is 13.1. The number of hydrazine groups is 1. The molecule has 3 fully saturated rings. The molecule has 3 heterocycles. The van der Waals surface area contributed by atoms with Crippen LogP contribution in [0.3, 0.4) is 0 Å². The molecular formula is C25H37N5O5S. The Balaban J connectivity index is 1.35. The van der Waals surface area contributed by atoms with Crippen LogP contribution >= 0.6 is 0 Å². The molecule has 11 heteroatoms. The van der Waals surface area contributed by atoms with E-state index in [0.717, 1.165) is 37.2 Å². The molecule has 2 atom stereocenters. The third kappa shape index (κ3) is 5.11. The van der Waals surface area contributed by atoms with E-state index in [1.165, 1.54) is 0 Å². The number of sulfonamides is 1. The first-order valence-electron chi connectivity index (χ1n) is 13.1. The third-order valence-corrected chi connectivity index (χ3v) is 9.41. The van der Waals surface area contributed by atoms with Gasteiger partial charge in [0.15, 0.2) is 0 Å². The number of amides is 2. The molecule has 3 aliphatic heterocycles. The van der Waals surface area contributed by atoms with Crippen LogP contribution in [0.4, 0.5) is 16.2 Å². The molecular weight excluding hydrogens is 482 g/mol. The van der Waals surface area contributed by atoms with Crippen molar-refractivity contribution in [2.75, 3.05) is 54.8 Å². The maximum atomic E-state index is 13.1.